The van der Waals surface area contributed by atoms with Crippen LogP contribution in [0.4, 0.5) is 0 Å². The topological polar surface area (TPSA) is 41.1 Å². The van der Waals surface area contributed by atoms with Gasteiger partial charge >= 0.3 is 0 Å². The van der Waals surface area contributed by atoms with Gasteiger partial charge in [0.2, 0.25) is 0 Å². The van der Waals surface area contributed by atoms with Crippen LogP contribution in [0.25, 0.3) is 0 Å². The third-order valence-corrected chi connectivity index (χ3v) is 2.36. The van der Waals surface area contributed by atoms with E-state index in [1.807, 2.05) is 14.0 Å². The first-order chi connectivity index (χ1) is 6.40. The van der Waals surface area contributed by atoms with E-state index >= 15 is 0 Å². The zero-order valence-corrected chi connectivity index (χ0v) is 9.85. The van der Waals surface area contributed by atoms with Gasteiger partial charge in [-0.2, -0.15) is 0 Å². The minimum Gasteiger partial charge on any atom is -0.378 e. The fraction of sp³-hybridized carbons (Fsp3) is 0.727. The van der Waals surface area contributed by atoms with Gasteiger partial charge in [-0.05, 0) is 26.8 Å². The second-order valence-electron chi connectivity index (χ2n) is 4.01. The lowest BCUT2D eigenvalue weighted by atomic mass is 10.0. The first kappa shape index (κ1) is 13.2. The highest BCUT2D eigenvalue weighted by molar-refractivity contribution is 5.81. The number of likely N-dealkylation sites (N-methyl/N-ethyl adjacent to an activating group) is 1. The standard InChI is InChI=1S/C11H22N2O/c1-7(2)11(12-6)9(4)13-8(3)10(5)14/h7-8,11-13H,4H2,1-3,5-6H3/t8?,11-/m0/s1. The summed E-state index contributed by atoms with van der Waals surface area (Å²) in [7, 11) is 1.90. The van der Waals surface area contributed by atoms with E-state index in [2.05, 4.69) is 31.1 Å². The van der Waals surface area contributed by atoms with Gasteiger partial charge in [-0.25, -0.2) is 0 Å². The number of hydrogen-bond acceptors (Lipinski definition) is 3. The van der Waals surface area contributed by atoms with E-state index in [-0.39, 0.29) is 17.9 Å². The van der Waals surface area contributed by atoms with E-state index in [4.69, 9.17) is 0 Å². The van der Waals surface area contributed by atoms with Gasteiger partial charge in [-0.3, -0.25) is 4.79 Å². The van der Waals surface area contributed by atoms with E-state index in [0.717, 1.165) is 5.70 Å². The van der Waals surface area contributed by atoms with E-state index in [1.165, 1.54) is 0 Å². The van der Waals surface area contributed by atoms with Crippen LogP contribution in [0, 0.1) is 5.92 Å². The van der Waals surface area contributed by atoms with Crippen molar-refractivity contribution in [3.63, 3.8) is 0 Å². The molecule has 0 rings (SSSR count). The molecule has 0 amide bonds. The average molecular weight is 198 g/mol. The molecule has 0 bridgehead atoms. The maximum Gasteiger partial charge on any atom is 0.151 e. The summed E-state index contributed by atoms with van der Waals surface area (Å²) in [6.07, 6.45) is 0. The van der Waals surface area contributed by atoms with E-state index in [0.29, 0.717) is 5.92 Å². The molecule has 0 aromatic heterocycles. The highest BCUT2D eigenvalue weighted by Crippen LogP contribution is 2.08. The van der Waals surface area contributed by atoms with Crippen LogP contribution in [-0.2, 0) is 4.79 Å². The molecule has 0 aliphatic heterocycles. The monoisotopic (exact) mass is 198 g/mol. The van der Waals surface area contributed by atoms with Crippen LogP contribution in [0.5, 0.6) is 0 Å². The molecule has 0 heterocycles. The van der Waals surface area contributed by atoms with E-state index in [1.54, 1.807) is 6.92 Å². The van der Waals surface area contributed by atoms with Crippen LogP contribution in [0.3, 0.4) is 0 Å². The summed E-state index contributed by atoms with van der Waals surface area (Å²) in [5.41, 5.74) is 0.880. The van der Waals surface area contributed by atoms with E-state index in [9.17, 15) is 4.79 Å². The summed E-state index contributed by atoms with van der Waals surface area (Å²) in [5, 5.41) is 6.28. The molecule has 0 aromatic carbocycles. The fourth-order valence-electron chi connectivity index (χ4n) is 1.38. The van der Waals surface area contributed by atoms with Gasteiger partial charge < -0.3 is 10.6 Å². The number of ketones is 1. The molecule has 0 aliphatic carbocycles. The molecule has 3 heteroatoms. The second-order valence-corrected chi connectivity index (χ2v) is 4.01. The van der Waals surface area contributed by atoms with Crippen molar-refractivity contribution >= 4 is 5.78 Å². The molecule has 0 aromatic rings. The van der Waals surface area contributed by atoms with Crippen molar-refractivity contribution < 1.29 is 4.79 Å². The Hall–Kier alpha value is -0.830. The van der Waals surface area contributed by atoms with Gasteiger partial charge in [0.05, 0.1) is 6.04 Å². The molecule has 0 saturated carbocycles. The van der Waals surface area contributed by atoms with Gasteiger partial charge in [0.25, 0.3) is 0 Å². The minimum absolute atomic E-state index is 0.129. The lowest BCUT2D eigenvalue weighted by molar-refractivity contribution is -0.118. The molecule has 3 nitrogen and oxygen atoms in total. The normalized spacial score (nSPS) is 15.0. The van der Waals surface area contributed by atoms with Gasteiger partial charge in [-0.15, -0.1) is 0 Å². The Bertz CT molecular complexity index is 211. The van der Waals surface area contributed by atoms with Crippen LogP contribution in [0.2, 0.25) is 0 Å². The van der Waals surface area contributed by atoms with Crippen LogP contribution in [0.15, 0.2) is 12.3 Å². The molecule has 0 aliphatic rings. The van der Waals surface area contributed by atoms with Crippen molar-refractivity contribution in [3.8, 4) is 0 Å². The predicted molar refractivity (Wildman–Crippen MR) is 60.1 cm³/mol. The van der Waals surface area contributed by atoms with Crippen molar-refractivity contribution in [2.24, 2.45) is 5.92 Å². The Morgan fingerprint density at radius 3 is 2.07 bits per heavy atom. The predicted octanol–water partition coefficient (Wildman–Crippen LogP) is 1.31. The van der Waals surface area contributed by atoms with Crippen LogP contribution >= 0.6 is 0 Å². The summed E-state index contributed by atoms with van der Waals surface area (Å²) >= 11 is 0. The number of carbonyl (C=O) groups excluding carboxylic acids is 1. The number of nitrogens with one attached hydrogen (secondary N) is 2. The van der Waals surface area contributed by atoms with Crippen molar-refractivity contribution in [1.29, 1.82) is 0 Å². The smallest absolute Gasteiger partial charge is 0.151 e. The zero-order chi connectivity index (χ0) is 11.3. The maximum atomic E-state index is 11.0. The summed E-state index contributed by atoms with van der Waals surface area (Å²) in [4.78, 5) is 11.0. The van der Waals surface area contributed by atoms with Crippen LogP contribution in [0.1, 0.15) is 27.7 Å². The van der Waals surface area contributed by atoms with Crippen molar-refractivity contribution in [1.82, 2.24) is 10.6 Å². The summed E-state index contributed by atoms with van der Waals surface area (Å²) in [6, 6.07) is 0.0499. The first-order valence-electron chi connectivity index (χ1n) is 5.03. The maximum absolute atomic E-state index is 11.0. The third kappa shape index (κ3) is 3.92. The first-order valence-corrected chi connectivity index (χ1v) is 5.03. The van der Waals surface area contributed by atoms with Gasteiger partial charge in [0.1, 0.15) is 0 Å². The highest BCUT2D eigenvalue weighted by atomic mass is 16.1. The SMILES string of the molecule is C=C(NC(C)C(C)=O)[C@@H](NC)C(C)C. The molecule has 14 heavy (non-hydrogen) atoms. The number of rotatable bonds is 6. The van der Waals surface area contributed by atoms with Gasteiger partial charge in [0.15, 0.2) is 5.78 Å². The molecule has 2 N–H and O–H groups in total. The average Bonchev–Trinajstić information content (AvgIpc) is 2.04. The van der Waals surface area contributed by atoms with E-state index < -0.39 is 0 Å². The Kier molecular flexibility index (Phi) is 5.46. The third-order valence-electron chi connectivity index (χ3n) is 2.36. The summed E-state index contributed by atoms with van der Waals surface area (Å²) in [5.74, 6) is 0.587. The van der Waals surface area contributed by atoms with Gasteiger partial charge in [-0.1, -0.05) is 20.4 Å². The van der Waals surface area contributed by atoms with Crippen molar-refractivity contribution in [2.75, 3.05) is 7.05 Å². The molecule has 0 fully saturated rings. The summed E-state index contributed by atoms with van der Waals surface area (Å²) in [6.45, 7) is 11.6. The fourth-order valence-corrected chi connectivity index (χ4v) is 1.38. The Labute approximate surface area is 87.0 Å². The van der Waals surface area contributed by atoms with Gasteiger partial charge in [0, 0.05) is 11.7 Å². The zero-order valence-electron chi connectivity index (χ0n) is 9.85. The summed E-state index contributed by atoms with van der Waals surface area (Å²) < 4.78 is 0. The number of carbonyl (C=O) groups is 1. The molecule has 1 unspecified atom stereocenters. The minimum atomic E-state index is -0.155. The largest absolute Gasteiger partial charge is 0.378 e. The second kappa shape index (κ2) is 5.81. The number of Topliss-reactive ketones (excluding diaryl/α,β-unsaturated/α-hetero) is 1. The van der Waals surface area contributed by atoms with Crippen LogP contribution in [-0.4, -0.2) is 24.9 Å². The quantitative estimate of drug-likeness (QED) is 0.676. The molecular formula is C11H22N2O. The molecule has 0 radical (unpaired) electrons. The lowest BCUT2D eigenvalue weighted by Gasteiger charge is -2.25. The Morgan fingerprint density at radius 2 is 1.79 bits per heavy atom. The van der Waals surface area contributed by atoms with Crippen molar-refractivity contribution in [2.45, 2.75) is 39.8 Å². The molecular weight excluding hydrogens is 176 g/mol. The lowest BCUT2D eigenvalue weighted by Crippen LogP contribution is -2.42. The molecule has 0 spiro atoms. The Morgan fingerprint density at radius 1 is 1.29 bits per heavy atom. The molecule has 82 valence electrons. The van der Waals surface area contributed by atoms with Crippen LogP contribution < -0.4 is 10.6 Å². The molecule has 0 saturated heterocycles. The molecule has 2 atom stereocenters. The van der Waals surface area contributed by atoms with Crippen molar-refractivity contribution in [3.05, 3.63) is 12.3 Å². The Balaban J connectivity index is 4.24. The number of hydrogen-bond donors (Lipinski definition) is 2. The highest BCUT2D eigenvalue weighted by Gasteiger charge is 2.17.